The van der Waals surface area contributed by atoms with Crippen molar-refractivity contribution in [3.8, 4) is 0 Å². The second kappa shape index (κ2) is 4.28. The lowest BCUT2D eigenvalue weighted by atomic mass is 9.78. The molecule has 13 heavy (non-hydrogen) atoms. The molecule has 1 rings (SSSR count). The molecule has 0 aromatic heterocycles. The molecule has 0 aliphatic carbocycles. The van der Waals surface area contributed by atoms with E-state index < -0.39 is 0 Å². The Morgan fingerprint density at radius 2 is 2.23 bits per heavy atom. The molecular weight excluding hydrogens is 158 g/mol. The molecule has 1 nitrogen and oxygen atoms in total. The van der Waals surface area contributed by atoms with Crippen LogP contribution in [0.1, 0.15) is 40.5 Å². The minimum Gasteiger partial charge on any atom is -0.316 e. The molecule has 0 aromatic carbocycles. The molecule has 1 fully saturated rings. The van der Waals surface area contributed by atoms with E-state index in [-0.39, 0.29) is 0 Å². The number of rotatable bonds is 2. The van der Waals surface area contributed by atoms with Crippen LogP contribution in [0.3, 0.4) is 0 Å². The minimum absolute atomic E-state index is 0.377. The van der Waals surface area contributed by atoms with E-state index >= 15 is 0 Å². The Balaban J connectivity index is 2.70. The number of hydrogen-bond acceptors (Lipinski definition) is 1. The van der Waals surface area contributed by atoms with Gasteiger partial charge in [-0.05, 0) is 24.3 Å². The van der Waals surface area contributed by atoms with Crippen LogP contribution < -0.4 is 5.32 Å². The van der Waals surface area contributed by atoms with Crippen molar-refractivity contribution in [1.29, 1.82) is 0 Å². The molecule has 1 heteroatoms. The lowest BCUT2D eigenvalue weighted by Crippen LogP contribution is -2.37. The monoisotopic (exact) mass is 181 g/mol. The van der Waals surface area contributed by atoms with Gasteiger partial charge in [-0.25, -0.2) is 0 Å². The third-order valence-electron chi connectivity index (χ3n) is 3.14. The third kappa shape index (κ3) is 2.84. The quantitative estimate of drug-likeness (QED) is 0.646. The van der Waals surface area contributed by atoms with Gasteiger partial charge in [0.2, 0.25) is 0 Å². The van der Waals surface area contributed by atoms with Gasteiger partial charge in [0.05, 0.1) is 0 Å². The Bertz CT molecular complexity index is 191. The van der Waals surface area contributed by atoms with Gasteiger partial charge in [-0.3, -0.25) is 0 Å². The highest BCUT2D eigenvalue weighted by Gasteiger charge is 2.26. The standard InChI is InChI=1S/C12H23N/c1-5-10(2)8-11-6-7-13-9-12(11,3)4/h8,10,13H,5-7,9H2,1-4H3/b11-8-. The predicted octanol–water partition coefficient (Wildman–Crippen LogP) is 2.98. The average Bonchev–Trinajstić information content (AvgIpc) is 2.08. The smallest absolute Gasteiger partial charge is 0.00400 e. The van der Waals surface area contributed by atoms with E-state index in [4.69, 9.17) is 0 Å². The highest BCUT2D eigenvalue weighted by Crippen LogP contribution is 2.31. The largest absolute Gasteiger partial charge is 0.316 e. The van der Waals surface area contributed by atoms with Gasteiger partial charge >= 0.3 is 0 Å². The molecule has 1 unspecified atom stereocenters. The van der Waals surface area contributed by atoms with Gasteiger partial charge in [-0.15, -0.1) is 0 Å². The molecule has 0 radical (unpaired) electrons. The van der Waals surface area contributed by atoms with E-state index in [1.54, 1.807) is 5.57 Å². The van der Waals surface area contributed by atoms with Gasteiger partial charge < -0.3 is 5.32 Å². The first-order chi connectivity index (χ1) is 6.06. The summed E-state index contributed by atoms with van der Waals surface area (Å²) < 4.78 is 0. The van der Waals surface area contributed by atoms with Crippen LogP contribution in [0.4, 0.5) is 0 Å². The van der Waals surface area contributed by atoms with Gasteiger partial charge in [0.25, 0.3) is 0 Å². The fourth-order valence-corrected chi connectivity index (χ4v) is 1.85. The van der Waals surface area contributed by atoms with Crippen molar-refractivity contribution in [3.05, 3.63) is 11.6 Å². The SMILES string of the molecule is CCC(C)/C=C1/CCNCC1(C)C. The molecule has 0 spiro atoms. The molecule has 1 N–H and O–H groups in total. The van der Waals surface area contributed by atoms with Crippen LogP contribution in [0.15, 0.2) is 11.6 Å². The van der Waals surface area contributed by atoms with E-state index in [9.17, 15) is 0 Å². The van der Waals surface area contributed by atoms with Crippen LogP contribution >= 0.6 is 0 Å². The van der Waals surface area contributed by atoms with Crippen LogP contribution in [0.2, 0.25) is 0 Å². The molecule has 0 bridgehead atoms. The highest BCUT2D eigenvalue weighted by molar-refractivity contribution is 5.16. The maximum absolute atomic E-state index is 3.46. The highest BCUT2D eigenvalue weighted by atomic mass is 14.9. The zero-order chi connectivity index (χ0) is 9.90. The lowest BCUT2D eigenvalue weighted by molar-refractivity contribution is 0.353. The summed E-state index contributed by atoms with van der Waals surface area (Å²) in [5, 5.41) is 3.46. The van der Waals surface area contributed by atoms with Gasteiger partial charge in [0.15, 0.2) is 0 Å². The number of nitrogens with one attached hydrogen (secondary N) is 1. The Hall–Kier alpha value is -0.300. The van der Waals surface area contributed by atoms with Crippen molar-refractivity contribution in [3.63, 3.8) is 0 Å². The van der Waals surface area contributed by atoms with Crippen LogP contribution in [0.5, 0.6) is 0 Å². The van der Waals surface area contributed by atoms with Gasteiger partial charge in [-0.2, -0.15) is 0 Å². The van der Waals surface area contributed by atoms with E-state index in [0.29, 0.717) is 5.41 Å². The molecule has 1 heterocycles. The molecule has 1 saturated heterocycles. The van der Waals surface area contributed by atoms with Crippen LogP contribution in [0, 0.1) is 11.3 Å². The van der Waals surface area contributed by atoms with E-state index in [1.807, 2.05) is 0 Å². The fraction of sp³-hybridized carbons (Fsp3) is 0.833. The second-order valence-electron chi connectivity index (χ2n) is 4.89. The maximum atomic E-state index is 3.46. The average molecular weight is 181 g/mol. The first kappa shape index (κ1) is 10.8. The van der Waals surface area contributed by atoms with Crippen molar-refractivity contribution < 1.29 is 0 Å². The molecule has 76 valence electrons. The number of allylic oxidation sites excluding steroid dienone is 1. The second-order valence-corrected chi connectivity index (χ2v) is 4.89. The molecule has 0 amide bonds. The predicted molar refractivity (Wildman–Crippen MR) is 58.8 cm³/mol. The molecule has 1 atom stereocenters. The van der Waals surface area contributed by atoms with Crippen LogP contribution in [0.25, 0.3) is 0 Å². The summed E-state index contributed by atoms with van der Waals surface area (Å²) in [6, 6.07) is 0. The van der Waals surface area contributed by atoms with Crippen molar-refractivity contribution >= 4 is 0 Å². The summed E-state index contributed by atoms with van der Waals surface area (Å²) in [7, 11) is 0. The molecule has 1 aliphatic heterocycles. The molecule has 1 aliphatic rings. The Kier molecular flexibility index (Phi) is 3.55. The van der Waals surface area contributed by atoms with Crippen LogP contribution in [-0.4, -0.2) is 13.1 Å². The Labute approximate surface area is 82.6 Å². The number of hydrogen-bond donors (Lipinski definition) is 1. The van der Waals surface area contributed by atoms with E-state index in [0.717, 1.165) is 19.0 Å². The summed E-state index contributed by atoms with van der Waals surface area (Å²) in [6.45, 7) is 11.5. The summed E-state index contributed by atoms with van der Waals surface area (Å²) in [4.78, 5) is 0. The van der Waals surface area contributed by atoms with Gasteiger partial charge in [-0.1, -0.05) is 45.8 Å². The normalized spacial score (nSPS) is 27.5. The van der Waals surface area contributed by atoms with Gasteiger partial charge in [0.1, 0.15) is 0 Å². The van der Waals surface area contributed by atoms with Crippen molar-refractivity contribution in [2.75, 3.05) is 13.1 Å². The first-order valence-electron chi connectivity index (χ1n) is 5.48. The van der Waals surface area contributed by atoms with Crippen molar-refractivity contribution in [2.24, 2.45) is 11.3 Å². The summed E-state index contributed by atoms with van der Waals surface area (Å²) >= 11 is 0. The zero-order valence-electron chi connectivity index (χ0n) is 9.48. The molecule has 0 saturated carbocycles. The topological polar surface area (TPSA) is 12.0 Å². The Morgan fingerprint density at radius 3 is 2.77 bits per heavy atom. The van der Waals surface area contributed by atoms with Crippen LogP contribution in [-0.2, 0) is 0 Å². The molecule has 0 aromatic rings. The number of piperidine rings is 1. The van der Waals surface area contributed by atoms with E-state index in [2.05, 4.69) is 39.1 Å². The Morgan fingerprint density at radius 1 is 1.54 bits per heavy atom. The van der Waals surface area contributed by atoms with Crippen molar-refractivity contribution in [1.82, 2.24) is 5.32 Å². The maximum Gasteiger partial charge on any atom is 0.00400 e. The zero-order valence-corrected chi connectivity index (χ0v) is 9.48. The first-order valence-corrected chi connectivity index (χ1v) is 5.48. The van der Waals surface area contributed by atoms with Crippen molar-refractivity contribution in [2.45, 2.75) is 40.5 Å². The van der Waals surface area contributed by atoms with E-state index in [1.165, 1.54) is 12.8 Å². The minimum atomic E-state index is 0.377. The third-order valence-corrected chi connectivity index (χ3v) is 3.14. The fourth-order valence-electron chi connectivity index (χ4n) is 1.85. The summed E-state index contributed by atoms with van der Waals surface area (Å²) in [6.07, 6.45) is 4.98. The summed E-state index contributed by atoms with van der Waals surface area (Å²) in [5.74, 6) is 0.743. The summed E-state index contributed by atoms with van der Waals surface area (Å²) in [5.41, 5.74) is 2.03. The van der Waals surface area contributed by atoms with Gasteiger partial charge in [0, 0.05) is 6.54 Å². The lowest BCUT2D eigenvalue weighted by Gasteiger charge is -2.34. The molecular formula is C12H23N.